The summed E-state index contributed by atoms with van der Waals surface area (Å²) in [7, 11) is 0. The van der Waals surface area contributed by atoms with Gasteiger partial charge in [-0.1, -0.05) is 30.3 Å². The highest BCUT2D eigenvalue weighted by Gasteiger charge is 2.10. The fourth-order valence-corrected chi connectivity index (χ4v) is 2.83. The third kappa shape index (κ3) is 3.86. The molecule has 1 aliphatic heterocycles. The van der Waals surface area contributed by atoms with Crippen molar-refractivity contribution >= 4 is 0 Å². The van der Waals surface area contributed by atoms with Crippen molar-refractivity contribution in [2.24, 2.45) is 0 Å². The number of benzene rings is 1. The molecule has 1 aromatic carbocycles. The second-order valence-corrected chi connectivity index (χ2v) is 5.46. The fourth-order valence-electron chi connectivity index (χ4n) is 2.83. The van der Waals surface area contributed by atoms with Crippen LogP contribution in [0.15, 0.2) is 42.9 Å². The minimum Gasteiger partial charge on any atom is -0.314 e. The molecule has 4 nitrogen and oxygen atoms in total. The van der Waals surface area contributed by atoms with Crippen LogP contribution in [0.1, 0.15) is 12.0 Å². The van der Waals surface area contributed by atoms with Gasteiger partial charge in [0, 0.05) is 37.9 Å². The summed E-state index contributed by atoms with van der Waals surface area (Å²) in [6.45, 7) is 5.71. The Morgan fingerprint density at radius 2 is 1.90 bits per heavy atom. The van der Waals surface area contributed by atoms with Crippen LogP contribution < -0.4 is 5.32 Å². The van der Waals surface area contributed by atoms with Crippen LogP contribution in [0.25, 0.3) is 11.3 Å². The van der Waals surface area contributed by atoms with Crippen LogP contribution in [0.3, 0.4) is 0 Å². The molecule has 0 aliphatic carbocycles. The van der Waals surface area contributed by atoms with E-state index >= 15 is 0 Å². The Kier molecular flexibility index (Phi) is 4.92. The lowest BCUT2D eigenvalue weighted by Gasteiger charge is -2.27. The Labute approximate surface area is 126 Å². The molecule has 3 rings (SSSR count). The van der Waals surface area contributed by atoms with E-state index in [0.717, 1.165) is 51.3 Å². The summed E-state index contributed by atoms with van der Waals surface area (Å²) in [6, 6.07) is 10.4. The van der Waals surface area contributed by atoms with Gasteiger partial charge in [0.15, 0.2) is 0 Å². The Morgan fingerprint density at radius 3 is 2.71 bits per heavy atom. The van der Waals surface area contributed by atoms with Crippen molar-refractivity contribution < 1.29 is 0 Å². The molecule has 4 heteroatoms. The third-order valence-electron chi connectivity index (χ3n) is 3.97. The van der Waals surface area contributed by atoms with Crippen LogP contribution >= 0.6 is 0 Å². The van der Waals surface area contributed by atoms with Crippen LogP contribution in [0.5, 0.6) is 0 Å². The molecule has 21 heavy (non-hydrogen) atoms. The van der Waals surface area contributed by atoms with Gasteiger partial charge >= 0.3 is 0 Å². The SMILES string of the molecule is c1ccc(-c2ncncc2CCCN2CCNCC2)cc1. The highest BCUT2D eigenvalue weighted by Crippen LogP contribution is 2.21. The van der Waals surface area contributed by atoms with Gasteiger partial charge < -0.3 is 10.2 Å². The first-order valence-corrected chi connectivity index (χ1v) is 7.71. The monoisotopic (exact) mass is 282 g/mol. The van der Waals surface area contributed by atoms with Crippen molar-refractivity contribution in [2.75, 3.05) is 32.7 Å². The van der Waals surface area contributed by atoms with E-state index in [-0.39, 0.29) is 0 Å². The summed E-state index contributed by atoms with van der Waals surface area (Å²) in [5.74, 6) is 0. The molecular formula is C17H22N4. The van der Waals surface area contributed by atoms with E-state index in [0.29, 0.717) is 0 Å². The lowest BCUT2D eigenvalue weighted by atomic mass is 10.0. The first-order valence-electron chi connectivity index (χ1n) is 7.71. The van der Waals surface area contributed by atoms with Crippen LogP contribution in [0.4, 0.5) is 0 Å². The average Bonchev–Trinajstić information content (AvgIpc) is 2.57. The maximum Gasteiger partial charge on any atom is 0.116 e. The number of piperazine rings is 1. The van der Waals surface area contributed by atoms with Gasteiger partial charge in [-0.15, -0.1) is 0 Å². The summed E-state index contributed by atoms with van der Waals surface area (Å²) in [4.78, 5) is 11.2. The molecule has 1 aliphatic rings. The minimum absolute atomic E-state index is 1.04. The van der Waals surface area contributed by atoms with E-state index in [2.05, 4.69) is 44.5 Å². The van der Waals surface area contributed by atoms with Crippen molar-refractivity contribution in [1.82, 2.24) is 20.2 Å². The zero-order valence-corrected chi connectivity index (χ0v) is 12.3. The smallest absolute Gasteiger partial charge is 0.116 e. The van der Waals surface area contributed by atoms with Crippen LogP contribution in [-0.4, -0.2) is 47.6 Å². The van der Waals surface area contributed by atoms with Gasteiger partial charge in [-0.3, -0.25) is 0 Å². The molecule has 0 amide bonds. The van der Waals surface area contributed by atoms with E-state index in [1.165, 1.54) is 11.1 Å². The Balaban J connectivity index is 1.63. The quantitative estimate of drug-likeness (QED) is 0.910. The fraction of sp³-hybridized carbons (Fsp3) is 0.412. The lowest BCUT2D eigenvalue weighted by molar-refractivity contribution is 0.238. The predicted octanol–water partition coefficient (Wildman–Crippen LogP) is 1.98. The van der Waals surface area contributed by atoms with Gasteiger partial charge in [-0.05, 0) is 24.9 Å². The minimum atomic E-state index is 1.04. The molecule has 1 aromatic heterocycles. The molecular weight excluding hydrogens is 260 g/mol. The van der Waals surface area contributed by atoms with E-state index in [1.54, 1.807) is 6.33 Å². The Hall–Kier alpha value is -1.78. The average molecular weight is 282 g/mol. The van der Waals surface area contributed by atoms with Crippen molar-refractivity contribution in [1.29, 1.82) is 0 Å². The van der Waals surface area contributed by atoms with Gasteiger partial charge in [0.05, 0.1) is 5.69 Å². The van der Waals surface area contributed by atoms with E-state index in [1.807, 2.05) is 12.3 Å². The summed E-state index contributed by atoms with van der Waals surface area (Å²) in [6.07, 6.45) is 5.80. The highest BCUT2D eigenvalue weighted by molar-refractivity contribution is 5.62. The molecule has 1 saturated heterocycles. The number of aryl methyl sites for hydroxylation is 1. The number of nitrogens with zero attached hydrogens (tertiary/aromatic N) is 3. The first kappa shape index (κ1) is 14.2. The predicted molar refractivity (Wildman–Crippen MR) is 85.1 cm³/mol. The van der Waals surface area contributed by atoms with Crippen LogP contribution in [0.2, 0.25) is 0 Å². The molecule has 0 unspecified atom stereocenters. The molecule has 0 bridgehead atoms. The zero-order valence-electron chi connectivity index (χ0n) is 12.3. The summed E-state index contributed by atoms with van der Waals surface area (Å²) < 4.78 is 0. The Bertz CT molecular complexity index is 550. The van der Waals surface area contributed by atoms with E-state index in [9.17, 15) is 0 Å². The maximum absolute atomic E-state index is 4.48. The molecule has 2 heterocycles. The molecule has 0 saturated carbocycles. The molecule has 0 atom stereocenters. The maximum atomic E-state index is 4.48. The van der Waals surface area contributed by atoms with Crippen molar-refractivity contribution in [3.05, 3.63) is 48.4 Å². The van der Waals surface area contributed by atoms with Gasteiger partial charge in [0.2, 0.25) is 0 Å². The summed E-state index contributed by atoms with van der Waals surface area (Å²) in [5, 5.41) is 3.39. The molecule has 2 aromatic rings. The normalized spacial score (nSPS) is 16.0. The number of hydrogen-bond acceptors (Lipinski definition) is 4. The third-order valence-corrected chi connectivity index (χ3v) is 3.97. The largest absolute Gasteiger partial charge is 0.314 e. The summed E-state index contributed by atoms with van der Waals surface area (Å²) >= 11 is 0. The number of aromatic nitrogens is 2. The second-order valence-electron chi connectivity index (χ2n) is 5.46. The molecule has 0 spiro atoms. The van der Waals surface area contributed by atoms with E-state index < -0.39 is 0 Å². The first-order chi connectivity index (χ1) is 10.4. The zero-order chi connectivity index (χ0) is 14.3. The van der Waals surface area contributed by atoms with Gasteiger partial charge in [0.25, 0.3) is 0 Å². The number of hydrogen-bond donors (Lipinski definition) is 1. The van der Waals surface area contributed by atoms with Crippen LogP contribution in [0, 0.1) is 0 Å². The van der Waals surface area contributed by atoms with Crippen LogP contribution in [-0.2, 0) is 6.42 Å². The molecule has 110 valence electrons. The topological polar surface area (TPSA) is 41.1 Å². The molecule has 0 radical (unpaired) electrons. The molecule has 1 fully saturated rings. The Morgan fingerprint density at radius 1 is 1.10 bits per heavy atom. The van der Waals surface area contributed by atoms with Crippen molar-refractivity contribution in [3.63, 3.8) is 0 Å². The van der Waals surface area contributed by atoms with Gasteiger partial charge in [-0.25, -0.2) is 9.97 Å². The number of nitrogens with one attached hydrogen (secondary N) is 1. The van der Waals surface area contributed by atoms with Gasteiger partial charge in [-0.2, -0.15) is 0 Å². The number of rotatable bonds is 5. The van der Waals surface area contributed by atoms with E-state index in [4.69, 9.17) is 0 Å². The molecule has 1 N–H and O–H groups in total. The van der Waals surface area contributed by atoms with Crippen molar-refractivity contribution in [3.8, 4) is 11.3 Å². The van der Waals surface area contributed by atoms with Crippen molar-refractivity contribution in [2.45, 2.75) is 12.8 Å². The standard InChI is InChI=1S/C17H22N4/c1-2-5-15(6-3-1)17-16(13-19-14-20-17)7-4-10-21-11-8-18-9-12-21/h1-3,5-6,13-14,18H,4,7-12H2. The van der Waals surface area contributed by atoms with Gasteiger partial charge in [0.1, 0.15) is 6.33 Å². The highest BCUT2D eigenvalue weighted by atomic mass is 15.2. The second kappa shape index (κ2) is 7.29. The lowest BCUT2D eigenvalue weighted by Crippen LogP contribution is -2.43. The summed E-state index contributed by atoms with van der Waals surface area (Å²) in [5.41, 5.74) is 3.50.